The van der Waals surface area contributed by atoms with Crippen LogP contribution in [0.2, 0.25) is 0 Å². The Kier molecular flexibility index (Phi) is 4.86. The number of nitrogens with one attached hydrogen (secondary N) is 2. The van der Waals surface area contributed by atoms with Gasteiger partial charge in [-0.25, -0.2) is 0 Å². The summed E-state index contributed by atoms with van der Waals surface area (Å²) in [7, 11) is 0. The summed E-state index contributed by atoms with van der Waals surface area (Å²) >= 11 is 5.27. The fourth-order valence-corrected chi connectivity index (χ4v) is 1.92. The summed E-state index contributed by atoms with van der Waals surface area (Å²) in [6.07, 6.45) is 4.61. The van der Waals surface area contributed by atoms with E-state index in [1.807, 2.05) is 30.5 Å². The molecule has 0 saturated heterocycles. The quantitative estimate of drug-likeness (QED) is 0.838. The van der Waals surface area contributed by atoms with Crippen molar-refractivity contribution < 1.29 is 0 Å². The highest BCUT2D eigenvalue weighted by molar-refractivity contribution is 7.80. The molecule has 2 rings (SSSR count). The Morgan fingerprint density at radius 2 is 2.05 bits per heavy atom. The summed E-state index contributed by atoms with van der Waals surface area (Å²) in [5, 5.41) is 6.97. The highest BCUT2D eigenvalue weighted by atomic mass is 32.1. The molecule has 19 heavy (non-hydrogen) atoms. The van der Waals surface area contributed by atoms with Gasteiger partial charge < -0.3 is 10.6 Å². The monoisotopic (exact) mass is 271 g/mol. The van der Waals surface area contributed by atoms with Crippen LogP contribution in [0.4, 0.5) is 5.69 Å². The van der Waals surface area contributed by atoms with Crippen molar-refractivity contribution >= 4 is 23.0 Å². The van der Waals surface area contributed by atoms with Crippen molar-refractivity contribution in [1.29, 1.82) is 0 Å². The Balaban J connectivity index is 1.87. The summed E-state index contributed by atoms with van der Waals surface area (Å²) in [4.78, 5) is 4.07. The Morgan fingerprint density at radius 3 is 2.79 bits per heavy atom. The van der Waals surface area contributed by atoms with Crippen molar-refractivity contribution in [3.05, 3.63) is 59.9 Å². The van der Waals surface area contributed by atoms with E-state index < -0.39 is 0 Å². The molecule has 2 aromatic rings. The largest absolute Gasteiger partial charge is 0.358 e. The molecule has 0 bridgehead atoms. The van der Waals surface area contributed by atoms with Crippen LogP contribution in [0.15, 0.2) is 48.8 Å². The lowest BCUT2D eigenvalue weighted by Crippen LogP contribution is -2.27. The number of hydrogen-bond acceptors (Lipinski definition) is 2. The first-order valence-electron chi connectivity index (χ1n) is 6.30. The number of aromatic nitrogens is 1. The lowest BCUT2D eigenvalue weighted by molar-refractivity contribution is 0.916. The van der Waals surface area contributed by atoms with Gasteiger partial charge in [0.05, 0.1) is 0 Å². The molecule has 1 aromatic heterocycles. The summed E-state index contributed by atoms with van der Waals surface area (Å²) in [6, 6.07) is 12.2. The molecule has 0 saturated carbocycles. The smallest absolute Gasteiger partial charge is 0.171 e. The molecular weight excluding hydrogens is 254 g/mol. The number of pyridine rings is 1. The van der Waals surface area contributed by atoms with Crippen LogP contribution in [0.25, 0.3) is 0 Å². The molecule has 0 aliphatic rings. The van der Waals surface area contributed by atoms with Crippen molar-refractivity contribution in [3.63, 3.8) is 0 Å². The van der Waals surface area contributed by atoms with E-state index in [2.05, 4.69) is 34.7 Å². The Bertz CT molecular complexity index is 540. The summed E-state index contributed by atoms with van der Waals surface area (Å²) < 4.78 is 0. The zero-order valence-electron chi connectivity index (χ0n) is 10.9. The van der Waals surface area contributed by atoms with E-state index >= 15 is 0 Å². The SMILES string of the molecule is CCc1cccc(NC(=S)NCc2cccnc2)c1. The molecule has 0 amide bonds. The van der Waals surface area contributed by atoms with Crippen LogP contribution < -0.4 is 10.6 Å². The highest BCUT2D eigenvalue weighted by Gasteiger charge is 1.99. The van der Waals surface area contributed by atoms with Gasteiger partial charge in [-0.15, -0.1) is 0 Å². The average molecular weight is 271 g/mol. The minimum absolute atomic E-state index is 0.622. The van der Waals surface area contributed by atoms with Gasteiger partial charge in [-0.3, -0.25) is 4.98 Å². The minimum Gasteiger partial charge on any atom is -0.358 e. The van der Waals surface area contributed by atoms with Crippen molar-refractivity contribution in [2.75, 3.05) is 5.32 Å². The second-order valence-electron chi connectivity index (χ2n) is 4.22. The average Bonchev–Trinajstić information content (AvgIpc) is 2.46. The summed E-state index contributed by atoms with van der Waals surface area (Å²) in [5.74, 6) is 0. The number of anilines is 1. The van der Waals surface area contributed by atoms with Gasteiger partial charge in [-0.2, -0.15) is 0 Å². The maximum atomic E-state index is 5.27. The number of thiocarbonyl (C=S) groups is 1. The van der Waals surface area contributed by atoms with E-state index in [0.29, 0.717) is 11.7 Å². The van der Waals surface area contributed by atoms with Crippen LogP contribution in [-0.4, -0.2) is 10.1 Å². The molecule has 1 aromatic carbocycles. The molecule has 0 fully saturated rings. The zero-order chi connectivity index (χ0) is 13.5. The van der Waals surface area contributed by atoms with Crippen molar-refractivity contribution in [2.45, 2.75) is 19.9 Å². The van der Waals surface area contributed by atoms with Crippen LogP contribution in [-0.2, 0) is 13.0 Å². The Labute approximate surface area is 119 Å². The number of hydrogen-bond donors (Lipinski definition) is 2. The topological polar surface area (TPSA) is 37.0 Å². The second kappa shape index (κ2) is 6.85. The first-order chi connectivity index (χ1) is 9.28. The third-order valence-electron chi connectivity index (χ3n) is 2.77. The van der Waals surface area contributed by atoms with E-state index in [1.54, 1.807) is 6.20 Å². The predicted octanol–water partition coefficient (Wildman–Crippen LogP) is 3.13. The van der Waals surface area contributed by atoms with Gasteiger partial charge in [0, 0.05) is 24.6 Å². The Hall–Kier alpha value is -1.94. The molecule has 0 unspecified atom stereocenters. The molecule has 2 N–H and O–H groups in total. The van der Waals surface area contributed by atoms with Crippen molar-refractivity contribution in [2.24, 2.45) is 0 Å². The molecule has 0 spiro atoms. The van der Waals surface area contributed by atoms with E-state index in [1.165, 1.54) is 5.56 Å². The molecular formula is C15H17N3S. The fourth-order valence-electron chi connectivity index (χ4n) is 1.73. The van der Waals surface area contributed by atoms with Gasteiger partial charge in [-0.05, 0) is 48.0 Å². The molecule has 98 valence electrons. The van der Waals surface area contributed by atoms with Gasteiger partial charge >= 0.3 is 0 Å². The Morgan fingerprint density at radius 1 is 1.21 bits per heavy atom. The van der Waals surface area contributed by atoms with Crippen LogP contribution >= 0.6 is 12.2 Å². The standard InChI is InChI=1S/C15H17N3S/c1-2-12-5-3-7-14(9-12)18-15(19)17-11-13-6-4-8-16-10-13/h3-10H,2,11H2,1H3,(H2,17,18,19). The molecule has 1 heterocycles. The van der Waals surface area contributed by atoms with E-state index in [9.17, 15) is 0 Å². The first-order valence-corrected chi connectivity index (χ1v) is 6.71. The van der Waals surface area contributed by atoms with Crippen LogP contribution in [0, 0.1) is 0 Å². The number of benzene rings is 1. The van der Waals surface area contributed by atoms with Gasteiger partial charge in [-0.1, -0.05) is 25.1 Å². The fraction of sp³-hybridized carbons (Fsp3) is 0.200. The predicted molar refractivity (Wildman–Crippen MR) is 83.1 cm³/mol. The minimum atomic E-state index is 0.622. The third-order valence-corrected chi connectivity index (χ3v) is 3.02. The van der Waals surface area contributed by atoms with Crippen molar-refractivity contribution in [1.82, 2.24) is 10.3 Å². The zero-order valence-corrected chi connectivity index (χ0v) is 11.7. The van der Waals surface area contributed by atoms with Gasteiger partial charge in [0.25, 0.3) is 0 Å². The number of nitrogens with zero attached hydrogens (tertiary/aromatic N) is 1. The van der Waals surface area contributed by atoms with Gasteiger partial charge in [0.1, 0.15) is 0 Å². The molecule has 0 atom stereocenters. The van der Waals surface area contributed by atoms with E-state index in [-0.39, 0.29) is 0 Å². The number of rotatable bonds is 4. The molecule has 0 aliphatic carbocycles. The first kappa shape index (κ1) is 13.5. The second-order valence-corrected chi connectivity index (χ2v) is 4.63. The third kappa shape index (κ3) is 4.34. The lowest BCUT2D eigenvalue weighted by atomic mass is 10.1. The lowest BCUT2D eigenvalue weighted by Gasteiger charge is -2.11. The van der Waals surface area contributed by atoms with Crippen LogP contribution in [0.5, 0.6) is 0 Å². The van der Waals surface area contributed by atoms with Crippen molar-refractivity contribution in [3.8, 4) is 0 Å². The molecule has 0 radical (unpaired) electrons. The van der Waals surface area contributed by atoms with E-state index in [4.69, 9.17) is 12.2 Å². The van der Waals surface area contributed by atoms with Crippen LogP contribution in [0.1, 0.15) is 18.1 Å². The molecule has 4 heteroatoms. The maximum Gasteiger partial charge on any atom is 0.171 e. The van der Waals surface area contributed by atoms with Crippen LogP contribution in [0.3, 0.4) is 0 Å². The molecule has 3 nitrogen and oxygen atoms in total. The normalized spacial score (nSPS) is 9.95. The van der Waals surface area contributed by atoms with Gasteiger partial charge in [0.2, 0.25) is 0 Å². The maximum absolute atomic E-state index is 5.27. The number of aryl methyl sites for hydroxylation is 1. The summed E-state index contributed by atoms with van der Waals surface area (Å²) in [5.41, 5.74) is 3.41. The van der Waals surface area contributed by atoms with E-state index in [0.717, 1.165) is 17.7 Å². The summed E-state index contributed by atoms with van der Waals surface area (Å²) in [6.45, 7) is 2.81. The van der Waals surface area contributed by atoms with Gasteiger partial charge in [0.15, 0.2) is 5.11 Å². The molecule has 0 aliphatic heterocycles. The highest BCUT2D eigenvalue weighted by Crippen LogP contribution is 2.10.